The standard InChI is InChI=1S/C38H36N12O4S6.2ClH.2Hg/c1-25-33(35(39)49(43-25)29-9-5-3-6-10-29)37(55)57-45-41-27-13-17-31(18-14-27)59(51,52)47-21-23-48(24-22-47)60(53,54)32-19-15-28(16-20-32)42-46-58-38(56)34-26(2)44-50(36(34)40)30-11-7-4-8-12-30;;;;/h3-20,39-40,55-56H,21-24H2,1-2H3;2*1H;;/q;;;2*+2/p-4/b37-33-,38-34-,39-35?,40-36?,45-41?,46-42?;;;;. The van der Waals surface area contributed by atoms with Crippen LogP contribution in [0.3, 0.4) is 0 Å². The van der Waals surface area contributed by atoms with E-state index in [1.807, 2.05) is 74.5 Å². The van der Waals surface area contributed by atoms with Crippen LogP contribution < -0.4 is 10.0 Å². The van der Waals surface area contributed by atoms with Crippen LogP contribution in [0.4, 0.5) is 22.7 Å². The Kier molecular flexibility index (Phi) is 17.4. The van der Waals surface area contributed by atoms with Crippen LogP contribution in [0, 0.1) is 10.8 Å². The van der Waals surface area contributed by atoms with E-state index in [4.69, 9.17) is 27.3 Å². The Hall–Kier alpha value is -2.49. The fourth-order valence-electron chi connectivity index (χ4n) is 6.47. The van der Waals surface area contributed by atoms with Crippen LogP contribution in [-0.4, -0.2) is 74.7 Å². The molecule has 3 aliphatic rings. The molecule has 324 valence electrons. The summed E-state index contributed by atoms with van der Waals surface area (Å²) >= 11 is -1.40. The van der Waals surface area contributed by atoms with Crippen molar-refractivity contribution in [2.75, 3.05) is 36.2 Å². The Morgan fingerprint density at radius 3 is 1.25 bits per heavy atom. The molecule has 0 spiro atoms. The number of nitrogens with zero attached hydrogens (tertiary/aromatic N) is 10. The molecule has 0 bridgehead atoms. The predicted octanol–water partition coefficient (Wildman–Crippen LogP) is 10.8. The van der Waals surface area contributed by atoms with Gasteiger partial charge in [-0.05, 0) is 0 Å². The Morgan fingerprint density at radius 2 is 0.922 bits per heavy atom. The van der Waals surface area contributed by atoms with E-state index in [0.29, 0.717) is 33.9 Å². The molecule has 0 atom stereocenters. The van der Waals surface area contributed by atoms with Crippen molar-refractivity contribution in [3.05, 3.63) is 129 Å². The van der Waals surface area contributed by atoms with Gasteiger partial charge in [-0.15, -0.1) is 0 Å². The van der Waals surface area contributed by atoms with Crippen LogP contribution in [0.5, 0.6) is 0 Å². The molecule has 0 amide bonds. The van der Waals surface area contributed by atoms with E-state index in [-0.39, 0.29) is 47.6 Å². The molecule has 2 N–H and O–H groups in total. The van der Waals surface area contributed by atoms with Crippen molar-refractivity contribution in [1.29, 1.82) is 10.8 Å². The molecule has 26 heteroatoms. The SMILES string of the molecule is CC1=NN(c2ccccc2)C(=N)/C1=C(\SN=Nc1ccc(S(=O)(=O)N2CCN(S(=O)(=O)c3ccc(N=NS/C([S][Hg][Cl])=C4\C(=N)N(c5ccccc5)N=C4C)cc3)CC2)cc1)[S][Hg][Cl]. The van der Waals surface area contributed by atoms with Crippen molar-refractivity contribution < 1.29 is 60.5 Å². The normalized spacial score (nSPS) is 18.1. The number of hydrogen-bond acceptors (Lipinski definition) is 16. The van der Waals surface area contributed by atoms with Crippen LogP contribution in [0.15, 0.2) is 168 Å². The second-order valence-electron chi connectivity index (χ2n) is 13.5. The number of anilines is 2. The summed E-state index contributed by atoms with van der Waals surface area (Å²) in [6, 6.07) is 30.9. The van der Waals surface area contributed by atoms with E-state index in [9.17, 15) is 16.8 Å². The summed E-state index contributed by atoms with van der Waals surface area (Å²) in [5.74, 6) is 0.449. The van der Waals surface area contributed by atoms with Gasteiger partial charge in [0.25, 0.3) is 0 Å². The number of hydrazone groups is 2. The number of hydrogen-bond donors (Lipinski definition) is 2. The number of rotatable bonds is 16. The number of amidine groups is 2. The average molecular weight is 1390 g/mol. The van der Waals surface area contributed by atoms with Gasteiger partial charge in [0.15, 0.2) is 0 Å². The molecule has 4 aromatic carbocycles. The second kappa shape index (κ2) is 22.5. The summed E-state index contributed by atoms with van der Waals surface area (Å²) in [4.78, 5) is 0.0972. The third kappa shape index (κ3) is 11.4. The zero-order valence-electron chi connectivity index (χ0n) is 33.9. The molecule has 0 radical (unpaired) electrons. The topological polar surface area (TPSA) is 203 Å². The van der Waals surface area contributed by atoms with Crippen LogP contribution in [0.25, 0.3) is 0 Å². The van der Waals surface area contributed by atoms with E-state index in [1.165, 1.54) is 49.4 Å². The molecular weight excluding hydrogens is 1350 g/mol. The number of halogens is 2. The number of nitrogens with one attached hydrogen (secondary N) is 2. The molecule has 1 fully saturated rings. The predicted molar refractivity (Wildman–Crippen MR) is 255 cm³/mol. The van der Waals surface area contributed by atoms with E-state index in [1.54, 1.807) is 34.3 Å². The monoisotopic (exact) mass is 1390 g/mol. The number of sulfonamides is 2. The van der Waals surface area contributed by atoms with Crippen LogP contribution in [0.1, 0.15) is 13.8 Å². The Labute approximate surface area is 415 Å². The summed E-state index contributed by atoms with van der Waals surface area (Å²) in [7, 11) is 7.78. The van der Waals surface area contributed by atoms with Gasteiger partial charge >= 0.3 is 421 Å². The molecule has 3 aliphatic heterocycles. The van der Waals surface area contributed by atoms with Gasteiger partial charge in [0.2, 0.25) is 0 Å². The number of para-hydroxylation sites is 2. The molecule has 0 aliphatic carbocycles. The maximum atomic E-state index is 13.6. The van der Waals surface area contributed by atoms with Gasteiger partial charge in [0.1, 0.15) is 0 Å². The first-order chi connectivity index (χ1) is 30.8. The van der Waals surface area contributed by atoms with Crippen molar-refractivity contribution in [3.63, 3.8) is 0 Å². The van der Waals surface area contributed by atoms with Crippen LogP contribution in [0.2, 0.25) is 0 Å². The molecule has 4 aromatic rings. The number of piperazine rings is 1. The molecule has 64 heavy (non-hydrogen) atoms. The van der Waals surface area contributed by atoms with Crippen molar-refractivity contribution in [2.45, 2.75) is 23.6 Å². The number of benzene rings is 4. The zero-order chi connectivity index (χ0) is 45.4. The first-order valence-electron chi connectivity index (χ1n) is 19.1. The molecule has 0 unspecified atom stereocenters. The summed E-state index contributed by atoms with van der Waals surface area (Å²) in [5, 5.41) is 38.5. The van der Waals surface area contributed by atoms with E-state index >= 15 is 0 Å². The molecule has 0 saturated carbocycles. The van der Waals surface area contributed by atoms with Crippen molar-refractivity contribution in [2.24, 2.45) is 29.5 Å². The summed E-state index contributed by atoms with van der Waals surface area (Å²) in [6.45, 7) is 3.55. The zero-order valence-corrected chi connectivity index (χ0v) is 51.4. The van der Waals surface area contributed by atoms with Gasteiger partial charge in [-0.2, -0.15) is 0 Å². The quantitative estimate of drug-likeness (QED) is 0.0617. The van der Waals surface area contributed by atoms with E-state index in [2.05, 4.69) is 29.5 Å². The Bertz CT molecular complexity index is 2620. The minimum atomic E-state index is -3.94. The summed E-state index contributed by atoms with van der Waals surface area (Å²) < 4.78 is 67.1. The van der Waals surface area contributed by atoms with Crippen molar-refractivity contribution >= 4 is 123 Å². The average Bonchev–Trinajstić information content (AvgIpc) is 3.78. The summed E-state index contributed by atoms with van der Waals surface area (Å²) in [6.07, 6.45) is 0. The fourth-order valence-corrected chi connectivity index (χ4v) is 33.6. The van der Waals surface area contributed by atoms with Crippen LogP contribution in [-0.2, 0) is 63.7 Å². The van der Waals surface area contributed by atoms with E-state index < -0.39 is 63.7 Å². The molecule has 3 heterocycles. The Morgan fingerprint density at radius 1 is 0.578 bits per heavy atom. The van der Waals surface area contributed by atoms with Gasteiger partial charge in [-0.1, -0.05) is 0 Å². The van der Waals surface area contributed by atoms with Gasteiger partial charge in [-0.25, -0.2) is 0 Å². The molecular formula is C38H34Cl2Hg2N12O4S6. The van der Waals surface area contributed by atoms with Crippen molar-refractivity contribution in [3.8, 4) is 0 Å². The van der Waals surface area contributed by atoms with Gasteiger partial charge in [-0.3, -0.25) is 0 Å². The maximum absolute atomic E-state index is 13.6. The Balaban J connectivity index is 0.935. The minimum absolute atomic E-state index is 0.0307. The second-order valence-corrected chi connectivity index (χ2v) is 44.6. The molecule has 7 rings (SSSR count). The third-order valence-corrected chi connectivity index (χ3v) is 36.7. The van der Waals surface area contributed by atoms with Crippen LogP contribution >= 0.6 is 56.9 Å². The first-order valence-corrected chi connectivity index (χ1v) is 52.5. The van der Waals surface area contributed by atoms with Gasteiger partial charge < -0.3 is 0 Å². The van der Waals surface area contributed by atoms with Gasteiger partial charge in [0, 0.05) is 0 Å². The first kappa shape index (κ1) is 49.4. The van der Waals surface area contributed by atoms with Gasteiger partial charge in [0.05, 0.1) is 0 Å². The molecule has 0 aromatic heterocycles. The third-order valence-electron chi connectivity index (χ3n) is 9.61. The van der Waals surface area contributed by atoms with E-state index in [0.717, 1.165) is 43.7 Å². The summed E-state index contributed by atoms with van der Waals surface area (Å²) in [5.41, 5.74) is 5.04. The fraction of sp³-hybridized carbons (Fsp3) is 0.158. The van der Waals surface area contributed by atoms with Crippen molar-refractivity contribution in [1.82, 2.24) is 8.61 Å². The molecule has 16 nitrogen and oxygen atoms in total. The molecule has 1 saturated heterocycles.